The number of rotatable bonds is 6. The fraction of sp³-hybridized carbons (Fsp3) is 0.308. The summed E-state index contributed by atoms with van der Waals surface area (Å²) in [6.45, 7) is 3.34. The summed E-state index contributed by atoms with van der Waals surface area (Å²) in [4.78, 5) is 12.5. The molecule has 0 bridgehead atoms. The molecule has 0 aliphatic heterocycles. The van der Waals surface area contributed by atoms with Crippen molar-refractivity contribution in [3.05, 3.63) is 42.4 Å². The summed E-state index contributed by atoms with van der Waals surface area (Å²) in [5, 5.41) is 3.04. The van der Waals surface area contributed by atoms with E-state index in [4.69, 9.17) is 4.74 Å². The topological polar surface area (TPSA) is 59.9 Å². The molecule has 0 saturated carbocycles. The summed E-state index contributed by atoms with van der Waals surface area (Å²) >= 11 is 0. The number of nitrogens with one attached hydrogen (secondary N) is 1. The van der Waals surface area contributed by atoms with Crippen molar-refractivity contribution in [2.45, 2.75) is 13.3 Å². The van der Waals surface area contributed by atoms with Crippen LogP contribution in [0.3, 0.4) is 0 Å². The van der Waals surface area contributed by atoms with E-state index >= 15 is 0 Å². The van der Waals surface area contributed by atoms with Crippen molar-refractivity contribution in [1.82, 2.24) is 15.0 Å². The fourth-order valence-corrected chi connectivity index (χ4v) is 1.47. The van der Waals surface area contributed by atoms with E-state index in [1.807, 2.05) is 25.1 Å². The number of hydrogen-bond acceptors (Lipinski definition) is 5. The minimum Gasteiger partial charge on any atom is -0.477 e. The van der Waals surface area contributed by atoms with Gasteiger partial charge in [0.2, 0.25) is 11.8 Å². The highest BCUT2D eigenvalue weighted by atomic mass is 16.5. The van der Waals surface area contributed by atoms with Gasteiger partial charge < -0.3 is 10.1 Å². The van der Waals surface area contributed by atoms with E-state index in [0.29, 0.717) is 18.4 Å². The Bertz CT molecular complexity index is 475. The monoisotopic (exact) mass is 244 g/mol. The first-order chi connectivity index (χ1) is 8.88. The number of nitrogens with zero attached hydrogens (tertiary/aromatic N) is 3. The molecule has 0 radical (unpaired) electrons. The summed E-state index contributed by atoms with van der Waals surface area (Å²) in [6, 6.07) is 7.60. The van der Waals surface area contributed by atoms with Gasteiger partial charge in [-0.1, -0.05) is 6.07 Å². The van der Waals surface area contributed by atoms with Gasteiger partial charge in [-0.2, -0.15) is 4.98 Å². The number of anilines is 1. The van der Waals surface area contributed by atoms with Gasteiger partial charge >= 0.3 is 0 Å². The van der Waals surface area contributed by atoms with Gasteiger partial charge in [-0.15, -0.1) is 0 Å². The molecule has 5 nitrogen and oxygen atoms in total. The van der Waals surface area contributed by atoms with Gasteiger partial charge in [-0.3, -0.25) is 4.98 Å². The summed E-state index contributed by atoms with van der Waals surface area (Å²) in [7, 11) is 0. The van der Waals surface area contributed by atoms with Crippen molar-refractivity contribution >= 4 is 5.95 Å². The lowest BCUT2D eigenvalue weighted by molar-refractivity contribution is 0.308. The highest BCUT2D eigenvalue weighted by Crippen LogP contribution is 2.08. The van der Waals surface area contributed by atoms with Gasteiger partial charge in [0.15, 0.2) is 0 Å². The summed E-state index contributed by atoms with van der Waals surface area (Å²) < 4.78 is 5.57. The molecule has 0 aromatic carbocycles. The van der Waals surface area contributed by atoms with Crippen LogP contribution in [0.25, 0.3) is 0 Å². The molecule has 0 aliphatic rings. The second-order valence-corrected chi connectivity index (χ2v) is 3.67. The van der Waals surface area contributed by atoms with Crippen LogP contribution in [0.4, 0.5) is 5.95 Å². The van der Waals surface area contributed by atoms with E-state index in [9.17, 15) is 0 Å². The number of ether oxygens (including phenoxy) is 1. The van der Waals surface area contributed by atoms with Gasteiger partial charge in [0.1, 0.15) is 0 Å². The number of hydrogen-bond donors (Lipinski definition) is 1. The SMILES string of the molecule is CCNc1nccc(OCCc2ccccn2)n1. The van der Waals surface area contributed by atoms with Gasteiger partial charge in [0, 0.05) is 37.1 Å². The Morgan fingerprint density at radius 2 is 2.11 bits per heavy atom. The van der Waals surface area contributed by atoms with E-state index in [1.54, 1.807) is 18.5 Å². The van der Waals surface area contributed by atoms with Crippen LogP contribution in [0, 0.1) is 0 Å². The van der Waals surface area contributed by atoms with Gasteiger partial charge in [0.05, 0.1) is 6.61 Å². The quantitative estimate of drug-likeness (QED) is 0.841. The summed E-state index contributed by atoms with van der Waals surface area (Å²) in [5.41, 5.74) is 1.01. The lowest BCUT2D eigenvalue weighted by Crippen LogP contribution is -2.06. The van der Waals surface area contributed by atoms with E-state index < -0.39 is 0 Å². The van der Waals surface area contributed by atoms with E-state index in [-0.39, 0.29) is 0 Å². The molecule has 0 atom stereocenters. The first kappa shape index (κ1) is 12.3. The molecule has 0 fully saturated rings. The first-order valence-corrected chi connectivity index (χ1v) is 5.98. The zero-order valence-corrected chi connectivity index (χ0v) is 10.3. The molecular weight excluding hydrogens is 228 g/mol. The molecule has 0 saturated heterocycles. The molecular formula is C13H16N4O. The van der Waals surface area contributed by atoms with Crippen molar-refractivity contribution in [2.75, 3.05) is 18.5 Å². The van der Waals surface area contributed by atoms with Crippen LogP contribution in [-0.2, 0) is 6.42 Å². The normalized spacial score (nSPS) is 10.1. The van der Waals surface area contributed by atoms with Gasteiger partial charge in [-0.05, 0) is 19.1 Å². The Balaban J connectivity index is 1.84. The Morgan fingerprint density at radius 3 is 2.89 bits per heavy atom. The van der Waals surface area contributed by atoms with Crippen LogP contribution in [0.5, 0.6) is 5.88 Å². The fourth-order valence-electron chi connectivity index (χ4n) is 1.47. The van der Waals surface area contributed by atoms with Gasteiger partial charge in [0.25, 0.3) is 0 Å². The summed E-state index contributed by atoms with van der Waals surface area (Å²) in [6.07, 6.45) is 4.23. The van der Waals surface area contributed by atoms with Crippen LogP contribution < -0.4 is 10.1 Å². The molecule has 0 aliphatic carbocycles. The molecule has 1 N–H and O–H groups in total. The molecule has 18 heavy (non-hydrogen) atoms. The van der Waals surface area contributed by atoms with Crippen LogP contribution in [0.15, 0.2) is 36.7 Å². The van der Waals surface area contributed by atoms with Crippen molar-refractivity contribution in [3.8, 4) is 5.88 Å². The highest BCUT2D eigenvalue weighted by Gasteiger charge is 1.99. The molecule has 2 heterocycles. The summed E-state index contributed by atoms with van der Waals surface area (Å²) in [5.74, 6) is 1.17. The number of aromatic nitrogens is 3. The van der Waals surface area contributed by atoms with Crippen LogP contribution in [-0.4, -0.2) is 28.1 Å². The van der Waals surface area contributed by atoms with Gasteiger partial charge in [-0.25, -0.2) is 4.98 Å². The van der Waals surface area contributed by atoms with Crippen molar-refractivity contribution in [2.24, 2.45) is 0 Å². The minimum absolute atomic E-state index is 0.555. The third-order valence-corrected chi connectivity index (χ3v) is 2.30. The zero-order chi connectivity index (χ0) is 12.6. The molecule has 2 rings (SSSR count). The van der Waals surface area contributed by atoms with E-state index in [0.717, 1.165) is 18.7 Å². The standard InChI is InChI=1S/C13H16N4O/c1-2-14-13-16-9-6-12(17-13)18-10-7-11-5-3-4-8-15-11/h3-6,8-9H,2,7,10H2,1H3,(H,14,16,17). The van der Waals surface area contributed by atoms with Crippen LogP contribution in [0.2, 0.25) is 0 Å². The molecule has 2 aromatic heterocycles. The van der Waals surface area contributed by atoms with E-state index in [2.05, 4.69) is 20.3 Å². The largest absolute Gasteiger partial charge is 0.477 e. The molecule has 2 aromatic rings. The predicted molar refractivity (Wildman–Crippen MR) is 69.6 cm³/mol. The minimum atomic E-state index is 0.555. The second-order valence-electron chi connectivity index (χ2n) is 3.67. The third-order valence-electron chi connectivity index (χ3n) is 2.30. The smallest absolute Gasteiger partial charge is 0.225 e. The Labute approximate surface area is 106 Å². The zero-order valence-electron chi connectivity index (χ0n) is 10.3. The third kappa shape index (κ3) is 3.69. The molecule has 0 spiro atoms. The lowest BCUT2D eigenvalue weighted by Gasteiger charge is -2.06. The van der Waals surface area contributed by atoms with Crippen LogP contribution in [0.1, 0.15) is 12.6 Å². The average molecular weight is 244 g/mol. The second kappa shape index (κ2) is 6.54. The number of pyridine rings is 1. The predicted octanol–water partition coefficient (Wildman–Crippen LogP) is 1.92. The molecule has 94 valence electrons. The maximum absolute atomic E-state index is 5.57. The van der Waals surface area contributed by atoms with Crippen molar-refractivity contribution in [3.63, 3.8) is 0 Å². The molecule has 0 unspecified atom stereocenters. The molecule has 0 amide bonds. The Kier molecular flexibility index (Phi) is 4.46. The Morgan fingerprint density at radius 1 is 1.17 bits per heavy atom. The van der Waals surface area contributed by atoms with Crippen molar-refractivity contribution in [1.29, 1.82) is 0 Å². The average Bonchev–Trinajstić information content (AvgIpc) is 2.41. The highest BCUT2D eigenvalue weighted by molar-refractivity contribution is 5.26. The lowest BCUT2D eigenvalue weighted by atomic mass is 10.3. The molecule has 5 heteroatoms. The maximum Gasteiger partial charge on any atom is 0.225 e. The first-order valence-electron chi connectivity index (χ1n) is 5.98. The Hall–Kier alpha value is -2.17. The van der Waals surface area contributed by atoms with E-state index in [1.165, 1.54) is 0 Å². The van der Waals surface area contributed by atoms with Crippen molar-refractivity contribution < 1.29 is 4.74 Å². The maximum atomic E-state index is 5.57. The van der Waals surface area contributed by atoms with Crippen LogP contribution >= 0.6 is 0 Å².